The molecule has 2 N–H and O–H groups in total. The standard InChI is InChI=1S/C12H24N2O2/c1-2-16-12(15)7-8-13-9-10-14-11-5-3-4-6-11/h11,13-14H,2-10H2,1H3. The number of carbonyl (C=O) groups excluding carboxylic acids is 1. The molecule has 0 radical (unpaired) electrons. The third kappa shape index (κ3) is 6.08. The fraction of sp³-hybridized carbons (Fsp3) is 0.917. The zero-order valence-electron chi connectivity index (χ0n) is 10.3. The van der Waals surface area contributed by atoms with Crippen molar-refractivity contribution in [3.8, 4) is 0 Å². The molecule has 0 aliphatic heterocycles. The molecule has 4 heteroatoms. The van der Waals surface area contributed by atoms with Crippen molar-refractivity contribution in [3.05, 3.63) is 0 Å². The first kappa shape index (κ1) is 13.5. The van der Waals surface area contributed by atoms with Crippen LogP contribution in [0.3, 0.4) is 0 Å². The van der Waals surface area contributed by atoms with E-state index in [0.29, 0.717) is 19.6 Å². The third-order valence-electron chi connectivity index (χ3n) is 2.90. The summed E-state index contributed by atoms with van der Waals surface area (Å²) in [5, 5.41) is 6.75. The average Bonchev–Trinajstić information content (AvgIpc) is 2.76. The number of hydrogen-bond acceptors (Lipinski definition) is 4. The van der Waals surface area contributed by atoms with Crippen LogP contribution >= 0.6 is 0 Å². The van der Waals surface area contributed by atoms with Crippen LogP contribution in [0.2, 0.25) is 0 Å². The van der Waals surface area contributed by atoms with Crippen LogP contribution < -0.4 is 10.6 Å². The van der Waals surface area contributed by atoms with Crippen molar-refractivity contribution >= 4 is 5.97 Å². The van der Waals surface area contributed by atoms with E-state index in [2.05, 4.69) is 10.6 Å². The minimum Gasteiger partial charge on any atom is -0.466 e. The maximum absolute atomic E-state index is 11.0. The molecular weight excluding hydrogens is 204 g/mol. The molecule has 0 heterocycles. The van der Waals surface area contributed by atoms with Crippen LogP contribution in [-0.4, -0.2) is 38.3 Å². The lowest BCUT2D eigenvalue weighted by molar-refractivity contribution is -0.142. The molecule has 0 spiro atoms. The molecular formula is C12H24N2O2. The number of nitrogens with one attached hydrogen (secondary N) is 2. The number of carbonyl (C=O) groups is 1. The van der Waals surface area contributed by atoms with Gasteiger partial charge in [0.05, 0.1) is 13.0 Å². The zero-order valence-corrected chi connectivity index (χ0v) is 10.3. The smallest absolute Gasteiger partial charge is 0.307 e. The number of esters is 1. The predicted octanol–water partition coefficient (Wildman–Crippen LogP) is 1.06. The lowest BCUT2D eigenvalue weighted by atomic mass is 10.2. The monoisotopic (exact) mass is 228 g/mol. The molecule has 1 saturated carbocycles. The molecule has 0 saturated heterocycles. The normalized spacial score (nSPS) is 16.6. The average molecular weight is 228 g/mol. The first-order valence-corrected chi connectivity index (χ1v) is 6.42. The van der Waals surface area contributed by atoms with Crippen LogP contribution in [0.15, 0.2) is 0 Å². The molecule has 0 aromatic rings. The Bertz CT molecular complexity index is 191. The van der Waals surface area contributed by atoms with Gasteiger partial charge in [-0.25, -0.2) is 0 Å². The first-order chi connectivity index (χ1) is 7.83. The first-order valence-electron chi connectivity index (χ1n) is 6.42. The van der Waals surface area contributed by atoms with E-state index in [1.54, 1.807) is 0 Å². The maximum Gasteiger partial charge on any atom is 0.307 e. The summed E-state index contributed by atoms with van der Waals surface area (Å²) in [6.07, 6.45) is 5.85. The molecule has 0 aromatic heterocycles. The topological polar surface area (TPSA) is 50.4 Å². The summed E-state index contributed by atoms with van der Waals surface area (Å²) < 4.78 is 4.84. The Kier molecular flexibility index (Phi) is 7.17. The fourth-order valence-corrected chi connectivity index (χ4v) is 2.04. The summed E-state index contributed by atoms with van der Waals surface area (Å²) in [6, 6.07) is 0.729. The lowest BCUT2D eigenvalue weighted by Crippen LogP contribution is -2.34. The summed E-state index contributed by atoms with van der Waals surface area (Å²) in [4.78, 5) is 11.0. The van der Waals surface area contributed by atoms with Gasteiger partial charge in [-0.3, -0.25) is 4.79 Å². The molecule has 1 aliphatic rings. The van der Waals surface area contributed by atoms with E-state index < -0.39 is 0 Å². The van der Waals surface area contributed by atoms with Gasteiger partial charge in [0, 0.05) is 25.7 Å². The Morgan fingerprint density at radius 3 is 2.69 bits per heavy atom. The van der Waals surface area contributed by atoms with Gasteiger partial charge >= 0.3 is 5.97 Å². The third-order valence-corrected chi connectivity index (χ3v) is 2.90. The Labute approximate surface area is 98.1 Å². The number of ether oxygens (including phenoxy) is 1. The van der Waals surface area contributed by atoms with Gasteiger partial charge in [-0.1, -0.05) is 12.8 Å². The van der Waals surface area contributed by atoms with Gasteiger partial charge in [-0.2, -0.15) is 0 Å². The van der Waals surface area contributed by atoms with Crippen molar-refractivity contribution in [1.82, 2.24) is 10.6 Å². The van der Waals surface area contributed by atoms with E-state index in [1.165, 1.54) is 25.7 Å². The van der Waals surface area contributed by atoms with Crippen LogP contribution in [0.1, 0.15) is 39.0 Å². The van der Waals surface area contributed by atoms with Crippen LogP contribution in [0.25, 0.3) is 0 Å². The molecule has 1 fully saturated rings. The quantitative estimate of drug-likeness (QED) is 0.482. The molecule has 4 nitrogen and oxygen atoms in total. The lowest BCUT2D eigenvalue weighted by Gasteiger charge is -2.11. The summed E-state index contributed by atoms with van der Waals surface area (Å²) in [5.74, 6) is -0.112. The Hall–Kier alpha value is -0.610. The van der Waals surface area contributed by atoms with Crippen molar-refractivity contribution in [1.29, 1.82) is 0 Å². The van der Waals surface area contributed by atoms with Gasteiger partial charge in [-0.15, -0.1) is 0 Å². The highest BCUT2D eigenvalue weighted by Gasteiger charge is 2.12. The molecule has 0 aromatic carbocycles. The van der Waals surface area contributed by atoms with Gasteiger partial charge in [0.2, 0.25) is 0 Å². The Balaban J connectivity index is 1.82. The highest BCUT2D eigenvalue weighted by molar-refractivity contribution is 5.69. The van der Waals surface area contributed by atoms with E-state index in [4.69, 9.17) is 4.74 Å². The van der Waals surface area contributed by atoms with Crippen molar-refractivity contribution in [2.45, 2.75) is 45.1 Å². The van der Waals surface area contributed by atoms with Gasteiger partial charge < -0.3 is 15.4 Å². The second kappa shape index (κ2) is 8.53. The molecule has 94 valence electrons. The SMILES string of the molecule is CCOC(=O)CCNCCNC1CCCC1. The summed E-state index contributed by atoms with van der Waals surface area (Å²) in [5.41, 5.74) is 0. The minimum absolute atomic E-state index is 0.112. The largest absolute Gasteiger partial charge is 0.466 e. The van der Waals surface area contributed by atoms with E-state index in [1.807, 2.05) is 6.92 Å². The van der Waals surface area contributed by atoms with Crippen molar-refractivity contribution in [2.24, 2.45) is 0 Å². The van der Waals surface area contributed by atoms with Crippen LogP contribution in [0, 0.1) is 0 Å². The Morgan fingerprint density at radius 2 is 2.00 bits per heavy atom. The van der Waals surface area contributed by atoms with E-state index in [9.17, 15) is 4.79 Å². The van der Waals surface area contributed by atoms with Crippen molar-refractivity contribution in [3.63, 3.8) is 0 Å². The van der Waals surface area contributed by atoms with Crippen molar-refractivity contribution < 1.29 is 9.53 Å². The number of hydrogen-bond donors (Lipinski definition) is 2. The minimum atomic E-state index is -0.112. The molecule has 0 atom stereocenters. The zero-order chi connectivity index (χ0) is 11.6. The van der Waals surface area contributed by atoms with Gasteiger partial charge in [-0.05, 0) is 19.8 Å². The molecule has 0 amide bonds. The molecule has 16 heavy (non-hydrogen) atoms. The molecule has 0 unspecified atom stereocenters. The second-order valence-electron chi connectivity index (χ2n) is 4.24. The fourth-order valence-electron chi connectivity index (χ4n) is 2.04. The highest BCUT2D eigenvalue weighted by Crippen LogP contribution is 2.16. The predicted molar refractivity (Wildman–Crippen MR) is 64.4 cm³/mol. The van der Waals surface area contributed by atoms with Crippen molar-refractivity contribution in [2.75, 3.05) is 26.2 Å². The second-order valence-corrected chi connectivity index (χ2v) is 4.24. The van der Waals surface area contributed by atoms with E-state index in [-0.39, 0.29) is 5.97 Å². The van der Waals surface area contributed by atoms with Gasteiger partial charge in [0.15, 0.2) is 0 Å². The van der Waals surface area contributed by atoms with Gasteiger partial charge in [0.1, 0.15) is 0 Å². The van der Waals surface area contributed by atoms with E-state index >= 15 is 0 Å². The number of rotatable bonds is 8. The summed E-state index contributed by atoms with van der Waals surface area (Å²) in [7, 11) is 0. The van der Waals surface area contributed by atoms with Crippen LogP contribution in [-0.2, 0) is 9.53 Å². The molecule has 1 aliphatic carbocycles. The van der Waals surface area contributed by atoms with E-state index in [0.717, 1.165) is 19.1 Å². The van der Waals surface area contributed by atoms with Crippen LogP contribution in [0.5, 0.6) is 0 Å². The molecule has 1 rings (SSSR count). The van der Waals surface area contributed by atoms with Gasteiger partial charge in [0.25, 0.3) is 0 Å². The highest BCUT2D eigenvalue weighted by atomic mass is 16.5. The summed E-state index contributed by atoms with van der Waals surface area (Å²) in [6.45, 7) is 4.94. The maximum atomic E-state index is 11.0. The molecule has 0 bridgehead atoms. The Morgan fingerprint density at radius 1 is 1.25 bits per heavy atom. The van der Waals surface area contributed by atoms with Crippen LogP contribution in [0.4, 0.5) is 0 Å². The summed E-state index contributed by atoms with van der Waals surface area (Å²) >= 11 is 0.